The molecule has 7 nitrogen and oxygen atoms in total. The molecule has 0 aromatic carbocycles. The summed E-state index contributed by atoms with van der Waals surface area (Å²) in [5, 5.41) is 5.99. The Bertz CT molecular complexity index is 640. The number of carbonyl (C=O) groups excluding carboxylic acids is 2. The number of primary amides is 1. The van der Waals surface area contributed by atoms with Gasteiger partial charge in [0.25, 0.3) is 5.91 Å². The highest BCUT2D eigenvalue weighted by molar-refractivity contribution is 7.17. The van der Waals surface area contributed by atoms with Crippen LogP contribution in [-0.4, -0.2) is 36.8 Å². The molecule has 0 fully saturated rings. The number of anilines is 1. The molecule has 2 heterocycles. The summed E-state index contributed by atoms with van der Waals surface area (Å²) in [5.74, 6) is -0.532. The summed E-state index contributed by atoms with van der Waals surface area (Å²) in [6.45, 7) is 9.37. The average molecular weight is 369 g/mol. The van der Waals surface area contributed by atoms with Gasteiger partial charge in [0, 0.05) is 24.4 Å². The second kappa shape index (κ2) is 8.16. The standard InChI is InChI=1S/C17H27N3O4S/c1-10(2)23-7-5-6-19-16(22)20-15-13(14(18)21)11-8-17(3,4)24-9-12(11)25-15/h10H,5-9H2,1-4H3,(H2,18,21)(H2,19,20,22). The SMILES string of the molecule is CC(C)OCCCNC(=O)Nc1sc2c(c1C(N)=O)CC(C)(C)OC2. The van der Waals surface area contributed by atoms with Crippen molar-refractivity contribution >= 4 is 28.3 Å². The number of thiophene rings is 1. The van der Waals surface area contributed by atoms with Gasteiger partial charge in [-0.25, -0.2) is 4.79 Å². The molecule has 2 rings (SSSR count). The van der Waals surface area contributed by atoms with Crippen LogP contribution in [-0.2, 0) is 22.5 Å². The highest BCUT2D eigenvalue weighted by Gasteiger charge is 2.33. The predicted octanol–water partition coefficient (Wildman–Crippen LogP) is 2.63. The number of nitrogens with two attached hydrogens (primary N) is 1. The first-order chi connectivity index (χ1) is 11.7. The molecule has 0 atom stereocenters. The van der Waals surface area contributed by atoms with E-state index < -0.39 is 5.91 Å². The zero-order valence-electron chi connectivity index (χ0n) is 15.2. The molecule has 1 aromatic rings. The molecule has 3 amide bonds. The first kappa shape index (κ1) is 19.7. The summed E-state index contributed by atoms with van der Waals surface area (Å²) in [7, 11) is 0. The maximum Gasteiger partial charge on any atom is 0.319 e. The fourth-order valence-corrected chi connectivity index (χ4v) is 3.77. The third-order valence-corrected chi connectivity index (χ3v) is 4.94. The van der Waals surface area contributed by atoms with Crippen molar-refractivity contribution in [1.29, 1.82) is 0 Å². The van der Waals surface area contributed by atoms with Crippen LogP contribution < -0.4 is 16.4 Å². The molecular weight excluding hydrogens is 342 g/mol. The smallest absolute Gasteiger partial charge is 0.319 e. The van der Waals surface area contributed by atoms with E-state index in [-0.39, 0.29) is 17.7 Å². The zero-order valence-corrected chi connectivity index (χ0v) is 16.0. The van der Waals surface area contributed by atoms with Gasteiger partial charge < -0.3 is 20.5 Å². The number of amides is 3. The molecule has 4 N–H and O–H groups in total. The van der Waals surface area contributed by atoms with E-state index in [1.165, 1.54) is 11.3 Å². The van der Waals surface area contributed by atoms with E-state index in [1.54, 1.807) is 0 Å². The minimum absolute atomic E-state index is 0.177. The van der Waals surface area contributed by atoms with E-state index >= 15 is 0 Å². The van der Waals surface area contributed by atoms with Crippen LogP contribution in [0.4, 0.5) is 9.80 Å². The Hall–Kier alpha value is -1.64. The van der Waals surface area contributed by atoms with Gasteiger partial charge in [-0.2, -0.15) is 0 Å². The van der Waals surface area contributed by atoms with Crippen molar-refractivity contribution in [2.45, 2.75) is 58.8 Å². The number of hydrogen-bond acceptors (Lipinski definition) is 5. The quantitative estimate of drug-likeness (QED) is 0.643. The predicted molar refractivity (Wildman–Crippen MR) is 98.1 cm³/mol. The summed E-state index contributed by atoms with van der Waals surface area (Å²) in [6.07, 6.45) is 1.49. The van der Waals surface area contributed by atoms with Crippen molar-refractivity contribution in [3.8, 4) is 0 Å². The van der Waals surface area contributed by atoms with Crippen LogP contribution >= 0.6 is 11.3 Å². The van der Waals surface area contributed by atoms with Crippen molar-refractivity contribution in [3.05, 3.63) is 16.0 Å². The third-order valence-electron chi connectivity index (χ3n) is 3.82. The van der Waals surface area contributed by atoms with Crippen LogP contribution in [0.15, 0.2) is 0 Å². The van der Waals surface area contributed by atoms with Gasteiger partial charge >= 0.3 is 6.03 Å². The molecule has 0 aliphatic carbocycles. The van der Waals surface area contributed by atoms with E-state index in [4.69, 9.17) is 15.2 Å². The van der Waals surface area contributed by atoms with E-state index in [1.807, 2.05) is 27.7 Å². The molecule has 0 bridgehead atoms. The fraction of sp³-hybridized carbons (Fsp3) is 0.647. The second-order valence-electron chi connectivity index (χ2n) is 6.95. The Labute approximate surface area is 152 Å². The molecule has 0 saturated heterocycles. The Morgan fingerprint density at radius 1 is 1.40 bits per heavy atom. The molecule has 0 unspecified atom stereocenters. The molecular formula is C17H27N3O4S. The minimum atomic E-state index is -0.532. The molecule has 1 aliphatic rings. The lowest BCUT2D eigenvalue weighted by atomic mass is 9.93. The molecule has 0 saturated carbocycles. The van der Waals surface area contributed by atoms with Gasteiger partial charge in [-0.15, -0.1) is 11.3 Å². The molecule has 1 aromatic heterocycles. The lowest BCUT2D eigenvalue weighted by Crippen LogP contribution is -2.33. The van der Waals surface area contributed by atoms with Gasteiger partial charge in [-0.1, -0.05) is 0 Å². The first-order valence-corrected chi connectivity index (χ1v) is 9.26. The lowest BCUT2D eigenvalue weighted by Gasteiger charge is -2.30. The van der Waals surface area contributed by atoms with Crippen molar-refractivity contribution < 1.29 is 19.1 Å². The Morgan fingerprint density at radius 3 is 2.76 bits per heavy atom. The Balaban J connectivity index is 1.99. The van der Waals surface area contributed by atoms with Gasteiger partial charge in [0.05, 0.1) is 23.9 Å². The maximum absolute atomic E-state index is 12.1. The fourth-order valence-electron chi connectivity index (χ4n) is 2.64. The third kappa shape index (κ3) is 5.42. The molecule has 25 heavy (non-hydrogen) atoms. The number of fused-ring (bicyclic) bond motifs is 1. The van der Waals surface area contributed by atoms with Crippen molar-refractivity contribution in [2.24, 2.45) is 5.73 Å². The summed E-state index contributed by atoms with van der Waals surface area (Å²) in [5.41, 5.74) is 6.48. The van der Waals surface area contributed by atoms with Gasteiger partial charge in [0.15, 0.2) is 0 Å². The van der Waals surface area contributed by atoms with E-state index in [0.29, 0.717) is 36.7 Å². The zero-order chi connectivity index (χ0) is 18.6. The monoisotopic (exact) mass is 369 g/mol. The van der Waals surface area contributed by atoms with Gasteiger partial charge in [0.1, 0.15) is 5.00 Å². The van der Waals surface area contributed by atoms with E-state index in [9.17, 15) is 9.59 Å². The van der Waals surface area contributed by atoms with Gasteiger partial charge in [-0.3, -0.25) is 10.1 Å². The highest BCUT2D eigenvalue weighted by Crippen LogP contribution is 2.40. The first-order valence-electron chi connectivity index (χ1n) is 8.44. The molecule has 0 radical (unpaired) electrons. The minimum Gasteiger partial charge on any atom is -0.379 e. The van der Waals surface area contributed by atoms with Crippen molar-refractivity contribution in [3.63, 3.8) is 0 Å². The normalized spacial score (nSPS) is 15.7. The highest BCUT2D eigenvalue weighted by atomic mass is 32.1. The van der Waals surface area contributed by atoms with E-state index in [2.05, 4.69) is 10.6 Å². The number of hydrogen-bond donors (Lipinski definition) is 3. The van der Waals surface area contributed by atoms with Gasteiger partial charge in [-0.05, 0) is 39.7 Å². The maximum atomic E-state index is 12.1. The van der Waals surface area contributed by atoms with Crippen LogP contribution in [0.1, 0.15) is 54.9 Å². The molecule has 140 valence electrons. The number of ether oxygens (including phenoxy) is 2. The van der Waals surface area contributed by atoms with Crippen LogP contribution in [0, 0.1) is 0 Å². The Kier molecular flexibility index (Phi) is 6.42. The molecule has 8 heteroatoms. The van der Waals surface area contributed by atoms with Crippen LogP contribution in [0.25, 0.3) is 0 Å². The second-order valence-corrected chi connectivity index (χ2v) is 8.06. The summed E-state index contributed by atoms with van der Waals surface area (Å²) < 4.78 is 11.2. The number of nitrogens with one attached hydrogen (secondary N) is 2. The topological polar surface area (TPSA) is 103 Å². The summed E-state index contributed by atoms with van der Waals surface area (Å²) in [4.78, 5) is 24.9. The number of carbonyl (C=O) groups is 2. The van der Waals surface area contributed by atoms with E-state index in [0.717, 1.165) is 16.9 Å². The number of rotatable bonds is 7. The largest absolute Gasteiger partial charge is 0.379 e. The molecule has 1 aliphatic heterocycles. The average Bonchev–Trinajstić information content (AvgIpc) is 2.82. The van der Waals surface area contributed by atoms with Crippen LogP contribution in [0.5, 0.6) is 0 Å². The van der Waals surface area contributed by atoms with Crippen molar-refractivity contribution in [2.75, 3.05) is 18.5 Å². The summed E-state index contributed by atoms with van der Waals surface area (Å²) in [6, 6.07) is -0.356. The van der Waals surface area contributed by atoms with Gasteiger partial charge in [0.2, 0.25) is 0 Å². The van der Waals surface area contributed by atoms with Crippen LogP contribution in [0.2, 0.25) is 0 Å². The number of urea groups is 1. The summed E-state index contributed by atoms with van der Waals surface area (Å²) >= 11 is 1.34. The van der Waals surface area contributed by atoms with Crippen molar-refractivity contribution in [1.82, 2.24) is 5.32 Å². The molecule has 0 spiro atoms. The lowest BCUT2D eigenvalue weighted by molar-refractivity contribution is -0.0383. The van der Waals surface area contributed by atoms with Crippen LogP contribution in [0.3, 0.4) is 0 Å². The Morgan fingerprint density at radius 2 is 2.12 bits per heavy atom.